The van der Waals surface area contributed by atoms with Gasteiger partial charge in [-0.2, -0.15) is 0 Å². The van der Waals surface area contributed by atoms with Gasteiger partial charge in [0.2, 0.25) is 5.15 Å². The fourth-order valence-electron chi connectivity index (χ4n) is 1.50. The molecular weight excluding hydrogens is 302 g/mol. The molecule has 5 nitrogen and oxygen atoms in total. The molecular formula is C10H5Cl3N2O3. The molecule has 0 N–H and O–H groups in total. The summed E-state index contributed by atoms with van der Waals surface area (Å²) in [6.45, 7) is 0. The van der Waals surface area contributed by atoms with Crippen molar-refractivity contribution in [3.05, 3.63) is 37.4 Å². The third kappa shape index (κ3) is 2.05. The zero-order valence-corrected chi connectivity index (χ0v) is 11.2. The van der Waals surface area contributed by atoms with Crippen molar-refractivity contribution in [3.63, 3.8) is 0 Å². The van der Waals surface area contributed by atoms with Gasteiger partial charge >= 0.3 is 5.69 Å². The summed E-state index contributed by atoms with van der Waals surface area (Å²) in [7, 11) is 1.43. The molecule has 1 heterocycles. The van der Waals surface area contributed by atoms with Gasteiger partial charge < -0.3 is 4.74 Å². The molecule has 2 rings (SSSR count). The van der Waals surface area contributed by atoms with Gasteiger partial charge in [0.25, 0.3) is 0 Å². The highest BCUT2D eigenvalue weighted by Crippen LogP contribution is 2.40. The smallest absolute Gasteiger partial charge is 0.325 e. The van der Waals surface area contributed by atoms with Crippen molar-refractivity contribution in [1.29, 1.82) is 0 Å². The predicted molar refractivity (Wildman–Crippen MR) is 70.0 cm³/mol. The van der Waals surface area contributed by atoms with Crippen molar-refractivity contribution in [2.75, 3.05) is 7.11 Å². The lowest BCUT2D eigenvalue weighted by atomic mass is 10.2. The van der Waals surface area contributed by atoms with Crippen LogP contribution in [0.4, 0.5) is 5.69 Å². The number of hydrogen-bond donors (Lipinski definition) is 0. The lowest BCUT2D eigenvalue weighted by Crippen LogP contribution is -1.95. The minimum atomic E-state index is -0.682. The average molecular weight is 308 g/mol. The van der Waals surface area contributed by atoms with Crippen LogP contribution in [0.15, 0.2) is 12.1 Å². The number of nitrogens with zero attached hydrogens (tertiary/aromatic N) is 2. The number of pyridine rings is 1. The second-order valence-corrected chi connectivity index (χ2v) is 4.47. The number of hydrogen-bond acceptors (Lipinski definition) is 4. The van der Waals surface area contributed by atoms with E-state index in [1.54, 1.807) is 0 Å². The van der Waals surface area contributed by atoms with E-state index in [4.69, 9.17) is 39.5 Å². The summed E-state index contributed by atoms with van der Waals surface area (Å²) in [5, 5.41) is 11.1. The molecule has 0 saturated heterocycles. The van der Waals surface area contributed by atoms with Gasteiger partial charge in [-0.05, 0) is 12.1 Å². The molecule has 0 unspecified atom stereocenters. The van der Waals surface area contributed by atoms with Crippen LogP contribution in [-0.2, 0) is 0 Å². The largest absolute Gasteiger partial charge is 0.495 e. The van der Waals surface area contributed by atoms with E-state index in [0.717, 1.165) is 0 Å². The standard InChI is InChI=1S/C10H5Cl3N2O3/c1-18-7-2-4-6(3-5(7)11)14-10(13)9(8(4)12)15(16)17/h2-3H,1H3. The summed E-state index contributed by atoms with van der Waals surface area (Å²) < 4.78 is 5.02. The number of fused-ring (bicyclic) bond motifs is 1. The lowest BCUT2D eigenvalue weighted by Gasteiger charge is -2.07. The van der Waals surface area contributed by atoms with Crippen LogP contribution in [0.2, 0.25) is 15.2 Å². The Morgan fingerprint density at radius 3 is 2.56 bits per heavy atom. The van der Waals surface area contributed by atoms with Crippen LogP contribution in [0.1, 0.15) is 0 Å². The maximum atomic E-state index is 10.8. The second kappa shape index (κ2) is 4.76. The van der Waals surface area contributed by atoms with E-state index < -0.39 is 10.6 Å². The molecule has 1 aromatic heterocycles. The number of benzene rings is 1. The molecule has 0 fully saturated rings. The number of ether oxygens (including phenoxy) is 1. The Kier molecular flexibility index (Phi) is 3.47. The molecule has 0 aliphatic rings. The topological polar surface area (TPSA) is 65.3 Å². The maximum Gasteiger partial charge on any atom is 0.325 e. The fraction of sp³-hybridized carbons (Fsp3) is 0.100. The molecule has 18 heavy (non-hydrogen) atoms. The van der Waals surface area contributed by atoms with Crippen LogP contribution in [-0.4, -0.2) is 17.0 Å². The predicted octanol–water partition coefficient (Wildman–Crippen LogP) is 4.11. The zero-order chi connectivity index (χ0) is 13.4. The summed E-state index contributed by atoms with van der Waals surface area (Å²) in [6, 6.07) is 2.97. The van der Waals surface area contributed by atoms with Crippen LogP contribution in [0.25, 0.3) is 10.9 Å². The van der Waals surface area contributed by atoms with Crippen LogP contribution >= 0.6 is 34.8 Å². The van der Waals surface area contributed by atoms with Crippen LogP contribution in [0.3, 0.4) is 0 Å². The van der Waals surface area contributed by atoms with E-state index in [2.05, 4.69) is 4.98 Å². The van der Waals surface area contributed by atoms with Gasteiger partial charge in [0.05, 0.1) is 22.6 Å². The highest BCUT2D eigenvalue weighted by atomic mass is 35.5. The van der Waals surface area contributed by atoms with Gasteiger partial charge in [0.15, 0.2) is 0 Å². The zero-order valence-electron chi connectivity index (χ0n) is 8.91. The summed E-state index contributed by atoms with van der Waals surface area (Å²) in [5.41, 5.74) is -0.0726. The Labute approximate surface area is 116 Å². The monoisotopic (exact) mass is 306 g/mol. The molecule has 0 amide bonds. The third-order valence-electron chi connectivity index (χ3n) is 2.31. The molecule has 1 aromatic carbocycles. The minimum absolute atomic E-state index is 0.0926. The van der Waals surface area contributed by atoms with Crippen molar-refractivity contribution in [3.8, 4) is 5.75 Å². The molecule has 0 atom stereocenters. The van der Waals surface area contributed by atoms with Crippen LogP contribution in [0.5, 0.6) is 5.75 Å². The Morgan fingerprint density at radius 1 is 1.33 bits per heavy atom. The van der Waals surface area contributed by atoms with Crippen LogP contribution < -0.4 is 4.74 Å². The highest BCUT2D eigenvalue weighted by molar-refractivity contribution is 6.41. The quantitative estimate of drug-likeness (QED) is 0.476. The molecule has 2 aromatic rings. The molecule has 8 heteroatoms. The van der Waals surface area contributed by atoms with Gasteiger partial charge in [-0.15, -0.1) is 0 Å². The Morgan fingerprint density at radius 2 is 2.00 bits per heavy atom. The Bertz CT molecular complexity index is 661. The van der Waals surface area contributed by atoms with E-state index in [1.807, 2.05) is 0 Å². The van der Waals surface area contributed by atoms with Crippen molar-refractivity contribution in [2.45, 2.75) is 0 Å². The van der Waals surface area contributed by atoms with Gasteiger partial charge in [-0.25, -0.2) is 4.98 Å². The normalized spacial score (nSPS) is 10.7. The van der Waals surface area contributed by atoms with E-state index in [9.17, 15) is 10.1 Å². The summed E-state index contributed by atoms with van der Waals surface area (Å²) in [4.78, 5) is 14.1. The average Bonchev–Trinajstić information content (AvgIpc) is 2.27. The molecule has 0 aliphatic heterocycles. The van der Waals surface area contributed by atoms with Gasteiger partial charge in [-0.3, -0.25) is 10.1 Å². The Balaban J connectivity index is 2.88. The summed E-state index contributed by atoms with van der Waals surface area (Å²) in [5.74, 6) is 0.351. The maximum absolute atomic E-state index is 10.8. The van der Waals surface area contributed by atoms with Crippen molar-refractivity contribution in [2.24, 2.45) is 0 Å². The molecule has 0 spiro atoms. The lowest BCUT2D eigenvalue weighted by molar-refractivity contribution is -0.384. The number of halogens is 3. The molecule has 94 valence electrons. The number of aromatic nitrogens is 1. The van der Waals surface area contributed by atoms with E-state index >= 15 is 0 Å². The van der Waals surface area contributed by atoms with E-state index in [1.165, 1.54) is 19.2 Å². The van der Waals surface area contributed by atoms with Crippen molar-refractivity contribution >= 4 is 51.4 Å². The van der Waals surface area contributed by atoms with E-state index in [-0.39, 0.29) is 10.2 Å². The number of nitro groups is 1. The van der Waals surface area contributed by atoms with Crippen LogP contribution in [0, 0.1) is 10.1 Å². The first kappa shape index (κ1) is 13.1. The number of rotatable bonds is 2. The van der Waals surface area contributed by atoms with Gasteiger partial charge in [0.1, 0.15) is 10.8 Å². The highest BCUT2D eigenvalue weighted by Gasteiger charge is 2.23. The van der Waals surface area contributed by atoms with Gasteiger partial charge in [0, 0.05) is 5.39 Å². The minimum Gasteiger partial charge on any atom is -0.495 e. The number of methoxy groups -OCH3 is 1. The first-order valence-corrected chi connectivity index (χ1v) is 5.75. The second-order valence-electron chi connectivity index (χ2n) is 3.33. The molecule has 0 bridgehead atoms. The first-order chi connectivity index (χ1) is 8.45. The molecule has 0 saturated carbocycles. The van der Waals surface area contributed by atoms with Gasteiger partial charge in [-0.1, -0.05) is 34.8 Å². The molecule has 0 radical (unpaired) electrons. The van der Waals surface area contributed by atoms with Crippen molar-refractivity contribution in [1.82, 2.24) is 4.98 Å². The summed E-state index contributed by atoms with van der Waals surface area (Å²) in [6.07, 6.45) is 0. The SMILES string of the molecule is COc1cc2c(Cl)c([N+](=O)[O-])c(Cl)nc2cc1Cl. The fourth-order valence-corrected chi connectivity index (χ4v) is 2.35. The van der Waals surface area contributed by atoms with E-state index in [0.29, 0.717) is 21.7 Å². The molecule has 0 aliphatic carbocycles. The Hall–Kier alpha value is -1.30. The third-order valence-corrected chi connectivity index (χ3v) is 3.25. The first-order valence-electron chi connectivity index (χ1n) is 4.62. The van der Waals surface area contributed by atoms with Crippen molar-refractivity contribution < 1.29 is 9.66 Å². The summed E-state index contributed by atoms with van der Waals surface area (Å²) >= 11 is 17.6.